The summed E-state index contributed by atoms with van der Waals surface area (Å²) >= 11 is 0. The van der Waals surface area contributed by atoms with E-state index in [0.29, 0.717) is 5.69 Å². The Balaban J connectivity index is 2.09. The summed E-state index contributed by atoms with van der Waals surface area (Å²) in [5.74, 6) is -4.93. The number of hydrogen-bond donors (Lipinski definition) is 2. The van der Waals surface area contributed by atoms with Crippen molar-refractivity contribution in [3.63, 3.8) is 0 Å². The first-order chi connectivity index (χ1) is 11.5. The first kappa shape index (κ1) is 18.8. The molecule has 0 aromatic heterocycles. The molecule has 0 aliphatic carbocycles. The number of nitrogens with two attached hydrogens (primary N) is 2. The molecule has 0 aliphatic rings. The second kappa shape index (κ2) is 6.73. The van der Waals surface area contributed by atoms with Crippen molar-refractivity contribution < 1.29 is 31.1 Å². The van der Waals surface area contributed by atoms with Gasteiger partial charge in [-0.3, -0.25) is 0 Å². The lowest BCUT2D eigenvalue weighted by Gasteiger charge is -2.23. The Bertz CT molecular complexity index is 730. The Labute approximate surface area is 139 Å². The molecule has 0 radical (unpaired) electrons. The molecule has 1 atom stereocenters. The standard InChI is InChI=1S/C16H14F6N2O/c17-13(15(18,19)16(20,21)22)8-9-4-6-10(7-5-9)25-12-3-1-2-11(23)14(12)24/h1-7,13H,8,23-24H2. The number of para-hydroxylation sites is 1. The summed E-state index contributed by atoms with van der Waals surface area (Å²) in [6, 6.07) is 9.69. The maximum atomic E-state index is 13.4. The molecule has 1 unspecified atom stereocenters. The lowest BCUT2D eigenvalue weighted by Crippen LogP contribution is -2.45. The number of alkyl halides is 6. The molecule has 0 heterocycles. The van der Waals surface area contributed by atoms with Crippen molar-refractivity contribution >= 4 is 11.4 Å². The minimum atomic E-state index is -5.94. The fourth-order valence-corrected chi connectivity index (χ4v) is 1.98. The highest BCUT2D eigenvalue weighted by atomic mass is 19.4. The van der Waals surface area contributed by atoms with Gasteiger partial charge in [-0.05, 0) is 29.8 Å². The molecular formula is C16H14F6N2O. The van der Waals surface area contributed by atoms with Crippen LogP contribution in [0.1, 0.15) is 5.56 Å². The zero-order valence-electron chi connectivity index (χ0n) is 12.7. The third-order valence-electron chi connectivity index (χ3n) is 3.44. The van der Waals surface area contributed by atoms with E-state index in [9.17, 15) is 26.3 Å². The maximum Gasteiger partial charge on any atom is 0.456 e. The van der Waals surface area contributed by atoms with Gasteiger partial charge in [-0.15, -0.1) is 0 Å². The first-order valence-corrected chi connectivity index (χ1v) is 7.01. The summed E-state index contributed by atoms with van der Waals surface area (Å²) in [7, 11) is 0. The van der Waals surface area contributed by atoms with Gasteiger partial charge in [-0.2, -0.15) is 22.0 Å². The largest absolute Gasteiger partial charge is 0.456 e. The lowest BCUT2D eigenvalue weighted by atomic mass is 10.0. The molecule has 0 fully saturated rings. The van der Waals surface area contributed by atoms with Crippen LogP contribution in [-0.2, 0) is 6.42 Å². The van der Waals surface area contributed by atoms with Gasteiger partial charge >= 0.3 is 12.1 Å². The fourth-order valence-electron chi connectivity index (χ4n) is 1.98. The van der Waals surface area contributed by atoms with Gasteiger partial charge in [-0.1, -0.05) is 18.2 Å². The smallest absolute Gasteiger partial charge is 0.455 e. The third-order valence-corrected chi connectivity index (χ3v) is 3.44. The molecule has 0 saturated heterocycles. The van der Waals surface area contributed by atoms with Crippen LogP contribution in [0.15, 0.2) is 42.5 Å². The molecule has 136 valence electrons. The van der Waals surface area contributed by atoms with Crippen LogP contribution in [0.2, 0.25) is 0 Å². The molecule has 0 saturated carbocycles. The van der Waals surface area contributed by atoms with Crippen LogP contribution in [0, 0.1) is 0 Å². The second-order valence-corrected chi connectivity index (χ2v) is 5.30. The highest BCUT2D eigenvalue weighted by Crippen LogP contribution is 2.40. The Morgan fingerprint density at radius 1 is 0.920 bits per heavy atom. The number of rotatable bonds is 5. The van der Waals surface area contributed by atoms with Gasteiger partial charge < -0.3 is 16.2 Å². The van der Waals surface area contributed by atoms with Gasteiger partial charge in [0, 0.05) is 6.42 Å². The van der Waals surface area contributed by atoms with E-state index in [4.69, 9.17) is 16.2 Å². The summed E-state index contributed by atoms with van der Waals surface area (Å²) in [5.41, 5.74) is 11.8. The van der Waals surface area contributed by atoms with Crippen LogP contribution >= 0.6 is 0 Å². The highest BCUT2D eigenvalue weighted by Gasteiger charge is 2.62. The van der Waals surface area contributed by atoms with Gasteiger partial charge in [0.15, 0.2) is 11.9 Å². The van der Waals surface area contributed by atoms with E-state index in [1.165, 1.54) is 24.3 Å². The van der Waals surface area contributed by atoms with E-state index < -0.39 is 24.7 Å². The Hall–Kier alpha value is -2.58. The van der Waals surface area contributed by atoms with Crippen LogP contribution < -0.4 is 16.2 Å². The third kappa shape index (κ3) is 4.09. The van der Waals surface area contributed by atoms with E-state index in [1.54, 1.807) is 18.2 Å². The van der Waals surface area contributed by atoms with Gasteiger partial charge in [0.05, 0.1) is 11.4 Å². The molecule has 25 heavy (non-hydrogen) atoms. The molecule has 9 heteroatoms. The number of nitrogen functional groups attached to an aromatic ring is 2. The van der Waals surface area contributed by atoms with Gasteiger partial charge in [0.25, 0.3) is 0 Å². The number of anilines is 2. The summed E-state index contributed by atoms with van der Waals surface area (Å²) in [5, 5.41) is 0. The van der Waals surface area contributed by atoms with Crippen LogP contribution in [0.3, 0.4) is 0 Å². The second-order valence-electron chi connectivity index (χ2n) is 5.30. The quantitative estimate of drug-likeness (QED) is 0.596. The van der Waals surface area contributed by atoms with Crippen molar-refractivity contribution in [3.05, 3.63) is 48.0 Å². The van der Waals surface area contributed by atoms with Crippen molar-refractivity contribution in [1.82, 2.24) is 0 Å². The summed E-state index contributed by atoms with van der Waals surface area (Å²) in [6.07, 6.45) is -10.4. The zero-order chi connectivity index (χ0) is 18.8. The van der Waals surface area contributed by atoms with Crippen molar-refractivity contribution in [2.75, 3.05) is 11.5 Å². The van der Waals surface area contributed by atoms with Crippen LogP contribution in [0.5, 0.6) is 11.5 Å². The fraction of sp³-hybridized carbons (Fsp3) is 0.250. The summed E-state index contributed by atoms with van der Waals surface area (Å²) < 4.78 is 81.0. The molecule has 3 nitrogen and oxygen atoms in total. The average molecular weight is 364 g/mol. The number of halogens is 6. The summed E-state index contributed by atoms with van der Waals surface area (Å²) in [4.78, 5) is 0. The van der Waals surface area contributed by atoms with Crippen molar-refractivity contribution in [2.45, 2.75) is 24.7 Å². The minimum absolute atomic E-state index is 0.0377. The van der Waals surface area contributed by atoms with E-state index in [-0.39, 0.29) is 22.7 Å². The van der Waals surface area contributed by atoms with Gasteiger partial charge in [-0.25, -0.2) is 4.39 Å². The van der Waals surface area contributed by atoms with E-state index in [1.807, 2.05) is 0 Å². The zero-order valence-corrected chi connectivity index (χ0v) is 12.7. The Kier molecular flexibility index (Phi) is 5.05. The molecule has 2 aromatic carbocycles. The first-order valence-electron chi connectivity index (χ1n) is 7.01. The molecular weight excluding hydrogens is 350 g/mol. The minimum Gasteiger partial charge on any atom is -0.455 e. The highest BCUT2D eigenvalue weighted by molar-refractivity contribution is 5.71. The van der Waals surface area contributed by atoms with E-state index >= 15 is 0 Å². The SMILES string of the molecule is Nc1cccc(Oc2ccc(CC(F)C(F)(F)C(F)(F)F)cc2)c1N. The molecule has 0 aliphatic heterocycles. The molecule has 0 bridgehead atoms. The molecule has 0 spiro atoms. The lowest BCUT2D eigenvalue weighted by molar-refractivity contribution is -0.303. The predicted molar refractivity (Wildman–Crippen MR) is 81.4 cm³/mol. The topological polar surface area (TPSA) is 61.3 Å². The van der Waals surface area contributed by atoms with Crippen molar-refractivity contribution in [1.29, 1.82) is 0 Å². The average Bonchev–Trinajstić information content (AvgIpc) is 2.52. The number of benzene rings is 2. The van der Waals surface area contributed by atoms with E-state index in [2.05, 4.69) is 0 Å². The number of hydrogen-bond acceptors (Lipinski definition) is 3. The van der Waals surface area contributed by atoms with E-state index in [0.717, 1.165) is 0 Å². The van der Waals surface area contributed by atoms with Crippen LogP contribution in [0.4, 0.5) is 37.7 Å². The van der Waals surface area contributed by atoms with Crippen LogP contribution in [0.25, 0.3) is 0 Å². The monoisotopic (exact) mass is 364 g/mol. The molecule has 4 N–H and O–H groups in total. The van der Waals surface area contributed by atoms with Crippen molar-refractivity contribution in [2.24, 2.45) is 0 Å². The van der Waals surface area contributed by atoms with Crippen molar-refractivity contribution in [3.8, 4) is 11.5 Å². The molecule has 2 aromatic rings. The normalized spacial score (nSPS) is 13.5. The molecule has 0 amide bonds. The Morgan fingerprint density at radius 2 is 1.52 bits per heavy atom. The van der Waals surface area contributed by atoms with Gasteiger partial charge in [0.2, 0.25) is 0 Å². The Morgan fingerprint density at radius 3 is 2.08 bits per heavy atom. The van der Waals surface area contributed by atoms with Crippen LogP contribution in [-0.4, -0.2) is 18.3 Å². The maximum absolute atomic E-state index is 13.4. The predicted octanol–water partition coefficient (Wildman–Crippen LogP) is 4.72. The van der Waals surface area contributed by atoms with Gasteiger partial charge in [0.1, 0.15) is 5.75 Å². The summed E-state index contributed by atoms with van der Waals surface area (Å²) in [6.45, 7) is 0. The number of ether oxygens (including phenoxy) is 1. The molecule has 2 rings (SSSR count).